The van der Waals surface area contributed by atoms with Crippen molar-refractivity contribution in [3.05, 3.63) is 31.9 Å². The first kappa shape index (κ1) is 15.6. The van der Waals surface area contributed by atoms with Crippen LogP contribution in [0.4, 0.5) is 5.13 Å². The fourth-order valence-corrected chi connectivity index (χ4v) is 4.14. The number of amides is 1. The molecule has 2 heterocycles. The molecule has 1 N–H and O–H groups in total. The number of nitrogens with zero attached hydrogens (tertiary/aromatic N) is 2. The van der Waals surface area contributed by atoms with Gasteiger partial charge in [0.1, 0.15) is 0 Å². The highest BCUT2D eigenvalue weighted by Crippen LogP contribution is 2.23. The number of hydrogen-bond donors (Lipinski definition) is 1. The smallest absolute Gasteiger partial charge is 0.225 e. The summed E-state index contributed by atoms with van der Waals surface area (Å²) in [4.78, 5) is 18.9. The summed E-state index contributed by atoms with van der Waals surface area (Å²) in [6.07, 6.45) is 0. The van der Waals surface area contributed by atoms with Crippen LogP contribution in [0.3, 0.4) is 0 Å². The fourth-order valence-electron chi connectivity index (χ4n) is 1.75. The summed E-state index contributed by atoms with van der Waals surface area (Å²) in [5, 5.41) is 8.20. The normalized spacial score (nSPS) is 10.8. The van der Waals surface area contributed by atoms with Crippen molar-refractivity contribution < 1.29 is 4.79 Å². The van der Waals surface area contributed by atoms with Crippen molar-refractivity contribution >= 4 is 49.6 Å². The van der Waals surface area contributed by atoms with Crippen LogP contribution in [0.1, 0.15) is 24.4 Å². The molecule has 0 aliphatic carbocycles. The Bertz CT molecular complexity index is 582. The van der Waals surface area contributed by atoms with Gasteiger partial charge in [-0.25, -0.2) is 4.98 Å². The lowest BCUT2D eigenvalue weighted by Crippen LogP contribution is -2.27. The van der Waals surface area contributed by atoms with Gasteiger partial charge in [-0.15, -0.1) is 22.7 Å². The molecule has 0 saturated carbocycles. The third-order valence-corrected chi connectivity index (χ3v) is 5.59. The maximum absolute atomic E-state index is 11.5. The molecule has 0 spiro atoms. The highest BCUT2D eigenvalue weighted by atomic mass is 79.9. The summed E-state index contributed by atoms with van der Waals surface area (Å²) < 4.78 is 1.14. The molecule has 0 unspecified atom stereocenters. The first-order chi connectivity index (χ1) is 9.61. The van der Waals surface area contributed by atoms with Crippen molar-refractivity contribution in [3.63, 3.8) is 0 Å². The van der Waals surface area contributed by atoms with E-state index in [0.717, 1.165) is 21.8 Å². The second kappa shape index (κ2) is 7.31. The highest BCUT2D eigenvalue weighted by molar-refractivity contribution is 9.10. The second-order valence-corrected chi connectivity index (χ2v) is 6.87. The third kappa shape index (κ3) is 3.88. The van der Waals surface area contributed by atoms with E-state index in [1.807, 2.05) is 12.3 Å². The summed E-state index contributed by atoms with van der Waals surface area (Å²) in [6, 6.07) is 2.05. The molecule has 1 amide bonds. The van der Waals surface area contributed by atoms with Crippen molar-refractivity contribution in [2.24, 2.45) is 0 Å². The van der Waals surface area contributed by atoms with E-state index < -0.39 is 0 Å². The van der Waals surface area contributed by atoms with Gasteiger partial charge in [-0.05, 0) is 34.3 Å². The van der Waals surface area contributed by atoms with Gasteiger partial charge in [0.05, 0.1) is 5.69 Å². The third-order valence-electron chi connectivity index (χ3n) is 2.75. The first-order valence-electron chi connectivity index (χ1n) is 6.27. The first-order valence-corrected chi connectivity index (χ1v) is 8.82. The molecule has 0 aliphatic rings. The van der Waals surface area contributed by atoms with Crippen molar-refractivity contribution in [2.45, 2.75) is 26.9 Å². The van der Waals surface area contributed by atoms with Crippen molar-refractivity contribution in [1.82, 2.24) is 10.3 Å². The Morgan fingerprint density at radius 2 is 2.25 bits per heavy atom. The quantitative estimate of drug-likeness (QED) is 0.840. The molecule has 0 radical (unpaired) electrons. The molecule has 4 nitrogen and oxygen atoms in total. The molecular formula is C13H16BrN3OS2. The van der Waals surface area contributed by atoms with Crippen LogP contribution in [-0.4, -0.2) is 17.4 Å². The molecule has 20 heavy (non-hydrogen) atoms. The fraction of sp³-hybridized carbons (Fsp3) is 0.385. The van der Waals surface area contributed by atoms with E-state index in [4.69, 9.17) is 0 Å². The number of anilines is 1. The van der Waals surface area contributed by atoms with E-state index in [1.54, 1.807) is 23.2 Å². The standard InChI is InChI=1S/C13H16BrN3OS2/c1-3-17(9(2)18)13-16-10(8-20-13)6-15-7-12-11(14)4-5-19-12/h4-5,8,15H,3,6-7H2,1-2H3. The molecule has 0 saturated heterocycles. The minimum atomic E-state index is 0.0314. The number of thiophene rings is 1. The molecule has 2 rings (SSSR count). The number of carbonyl (C=O) groups excluding carboxylic acids is 1. The van der Waals surface area contributed by atoms with Crippen LogP contribution in [0.5, 0.6) is 0 Å². The van der Waals surface area contributed by atoms with Crippen molar-refractivity contribution in [2.75, 3.05) is 11.4 Å². The van der Waals surface area contributed by atoms with Gasteiger partial charge in [0.25, 0.3) is 0 Å². The lowest BCUT2D eigenvalue weighted by molar-refractivity contribution is -0.116. The second-order valence-electron chi connectivity index (χ2n) is 4.18. The number of aromatic nitrogens is 1. The monoisotopic (exact) mass is 373 g/mol. The molecule has 0 bridgehead atoms. The number of thiazole rings is 1. The Morgan fingerprint density at radius 3 is 2.85 bits per heavy atom. The molecule has 108 valence electrons. The van der Waals surface area contributed by atoms with E-state index >= 15 is 0 Å². The SMILES string of the molecule is CCN(C(C)=O)c1nc(CNCc2sccc2Br)cs1. The zero-order chi connectivity index (χ0) is 14.5. The Kier molecular flexibility index (Phi) is 5.71. The van der Waals surface area contributed by atoms with Crippen molar-refractivity contribution in [3.8, 4) is 0 Å². The summed E-state index contributed by atoms with van der Waals surface area (Å²) in [6.45, 7) is 5.69. The maximum atomic E-state index is 11.5. The van der Waals surface area contributed by atoms with Gasteiger partial charge in [0, 0.05) is 41.3 Å². The van der Waals surface area contributed by atoms with Crippen LogP contribution < -0.4 is 10.2 Å². The predicted octanol–water partition coefficient (Wildman–Crippen LogP) is 3.63. The van der Waals surface area contributed by atoms with Gasteiger partial charge < -0.3 is 5.32 Å². The number of rotatable bonds is 6. The van der Waals surface area contributed by atoms with Gasteiger partial charge in [-0.1, -0.05) is 0 Å². The van der Waals surface area contributed by atoms with Crippen LogP contribution in [0.25, 0.3) is 0 Å². The number of halogens is 1. The Labute approximate surface area is 135 Å². The lowest BCUT2D eigenvalue weighted by atomic mass is 10.4. The molecule has 7 heteroatoms. The molecular weight excluding hydrogens is 358 g/mol. The Morgan fingerprint density at radius 1 is 1.45 bits per heavy atom. The summed E-state index contributed by atoms with van der Waals surface area (Å²) in [5.74, 6) is 0.0314. The van der Waals surface area contributed by atoms with E-state index in [1.165, 1.54) is 16.2 Å². The molecule has 0 aromatic carbocycles. The average molecular weight is 374 g/mol. The molecule has 0 aliphatic heterocycles. The van der Waals surface area contributed by atoms with Gasteiger partial charge >= 0.3 is 0 Å². The maximum Gasteiger partial charge on any atom is 0.225 e. The van der Waals surface area contributed by atoms with Crippen LogP contribution in [0.2, 0.25) is 0 Å². The predicted molar refractivity (Wildman–Crippen MR) is 88.4 cm³/mol. The van der Waals surface area contributed by atoms with Gasteiger partial charge in [-0.3, -0.25) is 9.69 Å². The minimum absolute atomic E-state index is 0.0314. The van der Waals surface area contributed by atoms with Gasteiger partial charge in [0.15, 0.2) is 5.13 Å². The average Bonchev–Trinajstić information content (AvgIpc) is 3.01. The summed E-state index contributed by atoms with van der Waals surface area (Å²) in [5.41, 5.74) is 0.970. The minimum Gasteiger partial charge on any atom is -0.306 e. The number of carbonyl (C=O) groups is 1. The highest BCUT2D eigenvalue weighted by Gasteiger charge is 2.13. The van der Waals surface area contributed by atoms with Gasteiger partial charge in [0.2, 0.25) is 5.91 Å². The van der Waals surface area contributed by atoms with E-state index in [2.05, 4.69) is 37.7 Å². The summed E-state index contributed by atoms with van der Waals surface area (Å²) >= 11 is 6.75. The Balaban J connectivity index is 1.90. The lowest BCUT2D eigenvalue weighted by Gasteiger charge is -2.14. The van der Waals surface area contributed by atoms with E-state index in [0.29, 0.717) is 13.1 Å². The van der Waals surface area contributed by atoms with Crippen LogP contribution in [0.15, 0.2) is 21.3 Å². The topological polar surface area (TPSA) is 45.2 Å². The van der Waals surface area contributed by atoms with E-state index in [9.17, 15) is 4.79 Å². The molecule has 2 aromatic rings. The number of hydrogen-bond acceptors (Lipinski definition) is 5. The number of nitrogens with one attached hydrogen (secondary N) is 1. The van der Waals surface area contributed by atoms with E-state index in [-0.39, 0.29) is 5.91 Å². The molecule has 0 fully saturated rings. The Hall–Kier alpha value is -0.760. The zero-order valence-corrected chi connectivity index (χ0v) is 14.6. The van der Waals surface area contributed by atoms with Crippen LogP contribution in [-0.2, 0) is 17.9 Å². The summed E-state index contributed by atoms with van der Waals surface area (Å²) in [7, 11) is 0. The van der Waals surface area contributed by atoms with Crippen LogP contribution in [0, 0.1) is 0 Å². The van der Waals surface area contributed by atoms with Crippen LogP contribution >= 0.6 is 38.6 Å². The zero-order valence-electron chi connectivity index (χ0n) is 11.4. The van der Waals surface area contributed by atoms with Crippen molar-refractivity contribution in [1.29, 1.82) is 0 Å². The largest absolute Gasteiger partial charge is 0.306 e. The molecule has 0 atom stereocenters. The molecule has 2 aromatic heterocycles. The van der Waals surface area contributed by atoms with Gasteiger partial charge in [-0.2, -0.15) is 0 Å².